The molecule has 26 heavy (non-hydrogen) atoms. The molecule has 0 fully saturated rings. The number of benzene rings is 2. The minimum Gasteiger partial charge on any atom is -0.422 e. The Morgan fingerprint density at radius 2 is 1.46 bits per heavy atom. The highest BCUT2D eigenvalue weighted by atomic mass is 28.2. The van der Waals surface area contributed by atoms with Crippen molar-refractivity contribution in [2.24, 2.45) is 0 Å². The molecule has 0 aromatic heterocycles. The highest BCUT2D eigenvalue weighted by molar-refractivity contribution is 6.31. The summed E-state index contributed by atoms with van der Waals surface area (Å²) in [6.45, 7) is 11.3. The van der Waals surface area contributed by atoms with E-state index in [4.69, 9.17) is 9.16 Å². The summed E-state index contributed by atoms with van der Waals surface area (Å²) in [5.74, 6) is 0. The van der Waals surface area contributed by atoms with E-state index in [0.717, 1.165) is 19.6 Å². The summed E-state index contributed by atoms with van der Waals surface area (Å²) in [7, 11) is -0.616. The number of rotatable bonds is 9. The van der Waals surface area contributed by atoms with Crippen molar-refractivity contribution in [3.63, 3.8) is 0 Å². The van der Waals surface area contributed by atoms with Crippen molar-refractivity contribution in [3.8, 4) is 11.1 Å². The summed E-state index contributed by atoms with van der Waals surface area (Å²) in [4.78, 5) is 0. The van der Waals surface area contributed by atoms with Crippen LogP contribution in [0.4, 0.5) is 0 Å². The fourth-order valence-electron chi connectivity index (χ4n) is 3.76. The van der Waals surface area contributed by atoms with Gasteiger partial charge in [0, 0.05) is 13.2 Å². The Morgan fingerprint density at radius 3 is 2.00 bits per heavy atom. The second-order valence-electron chi connectivity index (χ2n) is 8.24. The molecule has 3 heteroatoms. The van der Waals surface area contributed by atoms with E-state index in [1.807, 2.05) is 0 Å². The molecular weight excluding hydrogens is 336 g/mol. The molecule has 2 aromatic carbocycles. The Hall–Kier alpha value is -1.42. The van der Waals surface area contributed by atoms with Gasteiger partial charge in [0.1, 0.15) is 0 Å². The summed E-state index contributed by atoms with van der Waals surface area (Å²) in [6.07, 6.45) is 2.21. The molecule has 0 bridgehead atoms. The number of fused-ring (bicyclic) bond motifs is 3. The SMILES string of the molecule is CCCOCC1(CO[SiH2]C(C)(C)CC)c2ccccc2-c2ccccc21. The van der Waals surface area contributed by atoms with E-state index in [9.17, 15) is 0 Å². The molecule has 0 atom stereocenters. The second-order valence-corrected chi connectivity index (χ2v) is 10.8. The van der Waals surface area contributed by atoms with Crippen molar-refractivity contribution >= 4 is 9.76 Å². The van der Waals surface area contributed by atoms with Crippen molar-refractivity contribution in [1.82, 2.24) is 0 Å². The Balaban J connectivity index is 1.97. The normalized spacial score (nSPS) is 15.4. The van der Waals surface area contributed by atoms with Crippen LogP contribution in [0.3, 0.4) is 0 Å². The highest BCUT2D eigenvalue weighted by Crippen LogP contribution is 2.49. The van der Waals surface area contributed by atoms with E-state index in [0.29, 0.717) is 11.6 Å². The Morgan fingerprint density at radius 1 is 0.885 bits per heavy atom. The summed E-state index contributed by atoms with van der Waals surface area (Å²) >= 11 is 0. The number of ether oxygens (including phenoxy) is 1. The van der Waals surface area contributed by atoms with E-state index >= 15 is 0 Å². The van der Waals surface area contributed by atoms with Gasteiger partial charge in [-0.25, -0.2) is 0 Å². The highest BCUT2D eigenvalue weighted by Gasteiger charge is 2.43. The van der Waals surface area contributed by atoms with Crippen LogP contribution in [-0.4, -0.2) is 29.6 Å². The zero-order valence-electron chi connectivity index (χ0n) is 16.7. The molecule has 2 aromatic rings. The lowest BCUT2D eigenvalue weighted by Gasteiger charge is -2.33. The standard InChI is InChI=1S/C23H32O2Si/c1-5-15-24-16-23(17-25-26-22(3,4)6-2)20-13-9-7-11-18(20)19-12-8-10-14-21(19)23/h7-14H,5-6,15-17,26H2,1-4H3. The van der Waals surface area contributed by atoms with Gasteiger partial charge in [0.2, 0.25) is 0 Å². The van der Waals surface area contributed by atoms with Gasteiger partial charge in [0.05, 0.1) is 12.0 Å². The van der Waals surface area contributed by atoms with Gasteiger partial charge in [-0.2, -0.15) is 0 Å². The van der Waals surface area contributed by atoms with E-state index in [1.165, 1.54) is 28.7 Å². The van der Waals surface area contributed by atoms with Gasteiger partial charge in [-0.05, 0) is 33.7 Å². The van der Waals surface area contributed by atoms with Crippen molar-refractivity contribution in [3.05, 3.63) is 59.7 Å². The van der Waals surface area contributed by atoms with E-state index in [1.54, 1.807) is 0 Å². The molecule has 0 aliphatic heterocycles. The number of hydrogen-bond acceptors (Lipinski definition) is 2. The third-order valence-electron chi connectivity index (χ3n) is 5.67. The average molecular weight is 369 g/mol. The fourth-order valence-corrected chi connectivity index (χ4v) is 4.97. The van der Waals surface area contributed by atoms with Gasteiger partial charge in [-0.3, -0.25) is 0 Å². The maximum atomic E-state index is 6.48. The Kier molecular flexibility index (Phi) is 6.01. The van der Waals surface area contributed by atoms with Gasteiger partial charge in [-0.15, -0.1) is 0 Å². The summed E-state index contributed by atoms with van der Waals surface area (Å²) in [6, 6.07) is 17.6. The van der Waals surface area contributed by atoms with Crippen LogP contribution in [0.1, 0.15) is 51.7 Å². The minimum atomic E-state index is -0.616. The van der Waals surface area contributed by atoms with Crippen LogP contribution in [0.25, 0.3) is 11.1 Å². The largest absolute Gasteiger partial charge is 0.422 e. The molecule has 0 unspecified atom stereocenters. The first-order valence-electron chi connectivity index (χ1n) is 9.89. The third-order valence-corrected chi connectivity index (χ3v) is 7.36. The molecule has 0 saturated heterocycles. The van der Waals surface area contributed by atoms with Crippen molar-refractivity contribution < 1.29 is 9.16 Å². The summed E-state index contributed by atoms with van der Waals surface area (Å²) < 4.78 is 12.6. The minimum absolute atomic E-state index is 0.181. The lowest BCUT2D eigenvalue weighted by molar-refractivity contribution is 0.0757. The third kappa shape index (κ3) is 3.66. The zero-order chi connectivity index (χ0) is 18.6. The smallest absolute Gasteiger partial charge is 0.167 e. The quantitative estimate of drug-likeness (QED) is 0.453. The predicted octanol–water partition coefficient (Wildman–Crippen LogP) is 5.09. The first-order chi connectivity index (χ1) is 12.5. The molecule has 2 nitrogen and oxygen atoms in total. The summed E-state index contributed by atoms with van der Waals surface area (Å²) in [5.41, 5.74) is 5.21. The van der Waals surface area contributed by atoms with Crippen LogP contribution in [0.2, 0.25) is 5.04 Å². The Bertz CT molecular complexity index is 693. The van der Waals surface area contributed by atoms with Gasteiger partial charge in [0.15, 0.2) is 9.76 Å². The van der Waals surface area contributed by atoms with Crippen LogP contribution in [-0.2, 0) is 14.6 Å². The van der Waals surface area contributed by atoms with E-state index < -0.39 is 9.76 Å². The molecule has 0 radical (unpaired) electrons. The van der Waals surface area contributed by atoms with Crippen LogP contribution in [0, 0.1) is 0 Å². The molecule has 140 valence electrons. The molecule has 0 amide bonds. The lowest BCUT2D eigenvalue weighted by Crippen LogP contribution is -2.38. The van der Waals surface area contributed by atoms with Crippen molar-refractivity contribution in [2.45, 2.75) is 51.0 Å². The van der Waals surface area contributed by atoms with Crippen LogP contribution >= 0.6 is 0 Å². The van der Waals surface area contributed by atoms with Gasteiger partial charge in [-0.1, -0.05) is 82.6 Å². The maximum absolute atomic E-state index is 6.48. The lowest BCUT2D eigenvalue weighted by atomic mass is 9.79. The fraction of sp³-hybridized carbons (Fsp3) is 0.478. The predicted molar refractivity (Wildman–Crippen MR) is 113 cm³/mol. The second kappa shape index (κ2) is 8.08. The zero-order valence-corrected chi connectivity index (χ0v) is 18.1. The molecule has 3 rings (SSSR count). The van der Waals surface area contributed by atoms with E-state index in [2.05, 4.69) is 76.2 Å². The molecule has 0 N–H and O–H groups in total. The molecular formula is C23H32O2Si. The maximum Gasteiger partial charge on any atom is 0.167 e. The Labute approximate surface area is 160 Å². The average Bonchev–Trinajstić information content (AvgIpc) is 2.93. The van der Waals surface area contributed by atoms with Crippen molar-refractivity contribution in [2.75, 3.05) is 19.8 Å². The topological polar surface area (TPSA) is 18.5 Å². The van der Waals surface area contributed by atoms with Crippen LogP contribution < -0.4 is 0 Å². The van der Waals surface area contributed by atoms with Gasteiger partial charge >= 0.3 is 0 Å². The van der Waals surface area contributed by atoms with Gasteiger partial charge in [0.25, 0.3) is 0 Å². The molecule has 1 aliphatic carbocycles. The molecule has 0 saturated carbocycles. The first kappa shape index (κ1) is 19.3. The first-order valence-corrected chi connectivity index (χ1v) is 11.2. The molecule has 0 spiro atoms. The van der Waals surface area contributed by atoms with Crippen molar-refractivity contribution in [1.29, 1.82) is 0 Å². The summed E-state index contributed by atoms with van der Waals surface area (Å²) in [5, 5.41) is 0.336. The van der Waals surface area contributed by atoms with Crippen LogP contribution in [0.5, 0.6) is 0 Å². The number of hydrogen-bond donors (Lipinski definition) is 0. The molecule has 1 aliphatic rings. The monoisotopic (exact) mass is 368 g/mol. The van der Waals surface area contributed by atoms with E-state index in [-0.39, 0.29) is 5.41 Å². The van der Waals surface area contributed by atoms with Gasteiger partial charge < -0.3 is 9.16 Å². The van der Waals surface area contributed by atoms with Crippen LogP contribution in [0.15, 0.2) is 48.5 Å². The molecule has 0 heterocycles.